The minimum atomic E-state index is -0.322. The molecule has 6 rings (SSSR count). The molecule has 0 spiro atoms. The van der Waals surface area contributed by atoms with Crippen LogP contribution in [0.25, 0.3) is 5.65 Å². The number of aromatic nitrogens is 6. The van der Waals surface area contributed by atoms with E-state index in [1.807, 2.05) is 16.7 Å². The lowest BCUT2D eigenvalue weighted by Gasteiger charge is -2.18. The summed E-state index contributed by atoms with van der Waals surface area (Å²) in [6, 6.07) is 5.96. The maximum absolute atomic E-state index is 12.5. The first-order valence-electron chi connectivity index (χ1n) is 10.6. The Kier molecular flexibility index (Phi) is 4.48. The van der Waals surface area contributed by atoms with Gasteiger partial charge in [-0.25, -0.2) is 9.67 Å². The van der Waals surface area contributed by atoms with Crippen LogP contribution >= 0.6 is 0 Å². The maximum Gasteiger partial charge on any atom is 0.273 e. The largest absolute Gasteiger partial charge is 0.486 e. The van der Waals surface area contributed by atoms with Crippen LogP contribution in [-0.2, 0) is 13.1 Å². The average Bonchev–Trinajstić information content (AvgIpc) is 3.43. The van der Waals surface area contributed by atoms with Crippen molar-refractivity contribution in [1.29, 1.82) is 0 Å². The molecule has 0 saturated heterocycles. The van der Waals surface area contributed by atoms with E-state index in [-0.39, 0.29) is 18.1 Å². The Morgan fingerprint density at radius 3 is 2.84 bits per heavy atom. The van der Waals surface area contributed by atoms with Crippen molar-refractivity contribution < 1.29 is 14.3 Å². The van der Waals surface area contributed by atoms with Crippen LogP contribution < -0.4 is 14.8 Å². The number of nitrogens with one attached hydrogen (secondary N) is 1. The smallest absolute Gasteiger partial charge is 0.273 e. The van der Waals surface area contributed by atoms with E-state index in [0.29, 0.717) is 42.9 Å². The van der Waals surface area contributed by atoms with Crippen molar-refractivity contribution in [3.8, 4) is 11.5 Å². The normalized spacial score (nSPS) is 15.1. The summed E-state index contributed by atoms with van der Waals surface area (Å²) in [5, 5.41) is 10.9. The van der Waals surface area contributed by atoms with E-state index in [4.69, 9.17) is 9.47 Å². The van der Waals surface area contributed by atoms with Crippen LogP contribution in [0, 0.1) is 0 Å². The van der Waals surface area contributed by atoms with Gasteiger partial charge in [0.2, 0.25) is 0 Å². The summed E-state index contributed by atoms with van der Waals surface area (Å²) in [6.07, 6.45) is 9.90. The Morgan fingerprint density at radius 1 is 1.09 bits per heavy atom. The van der Waals surface area contributed by atoms with Gasteiger partial charge in [-0.2, -0.15) is 0 Å². The van der Waals surface area contributed by atoms with Crippen LogP contribution in [0.15, 0.2) is 43.0 Å². The molecular weight excluding hydrogens is 410 g/mol. The summed E-state index contributed by atoms with van der Waals surface area (Å²) >= 11 is 0. The van der Waals surface area contributed by atoms with Gasteiger partial charge in [-0.05, 0) is 30.4 Å². The highest BCUT2D eigenvalue weighted by Crippen LogP contribution is 2.39. The van der Waals surface area contributed by atoms with E-state index in [9.17, 15) is 4.79 Å². The molecule has 2 aliphatic rings. The molecule has 10 heteroatoms. The van der Waals surface area contributed by atoms with E-state index >= 15 is 0 Å². The third-order valence-corrected chi connectivity index (χ3v) is 5.58. The Labute approximate surface area is 183 Å². The number of carbonyl (C=O) groups excluding carboxylic acids is 1. The first kappa shape index (κ1) is 18.8. The number of ether oxygens (including phenoxy) is 2. The highest BCUT2D eigenvalue weighted by atomic mass is 16.6. The second kappa shape index (κ2) is 7.63. The first-order valence-corrected chi connectivity index (χ1v) is 10.6. The lowest BCUT2D eigenvalue weighted by molar-refractivity contribution is 0.0945. The molecular formula is C22H21N7O3. The predicted molar refractivity (Wildman–Crippen MR) is 113 cm³/mol. The maximum atomic E-state index is 12.5. The minimum absolute atomic E-state index is 0.238. The number of hydrogen-bond donors (Lipinski definition) is 1. The van der Waals surface area contributed by atoms with Crippen molar-refractivity contribution >= 4 is 11.6 Å². The molecule has 0 bridgehead atoms. The van der Waals surface area contributed by atoms with Gasteiger partial charge < -0.3 is 19.2 Å². The highest BCUT2D eigenvalue weighted by Gasteiger charge is 2.23. The topological polar surface area (TPSA) is 108 Å². The van der Waals surface area contributed by atoms with Gasteiger partial charge in [-0.15, -0.1) is 5.10 Å². The second-order valence-corrected chi connectivity index (χ2v) is 8.04. The Hall–Kier alpha value is -3.95. The fraction of sp³-hybridized carbons (Fsp3) is 0.318. The molecule has 10 nitrogen and oxygen atoms in total. The molecule has 1 aliphatic carbocycles. The van der Waals surface area contributed by atoms with Gasteiger partial charge >= 0.3 is 0 Å². The van der Waals surface area contributed by atoms with Gasteiger partial charge in [-0.1, -0.05) is 11.3 Å². The van der Waals surface area contributed by atoms with E-state index in [2.05, 4.69) is 37.9 Å². The molecule has 1 amide bonds. The molecule has 0 atom stereocenters. The van der Waals surface area contributed by atoms with Crippen LogP contribution in [0.3, 0.4) is 0 Å². The number of nitrogens with zero attached hydrogens (tertiary/aromatic N) is 6. The van der Waals surface area contributed by atoms with Crippen molar-refractivity contribution in [2.45, 2.75) is 31.8 Å². The zero-order valence-electron chi connectivity index (χ0n) is 17.3. The van der Waals surface area contributed by atoms with E-state index in [0.717, 1.165) is 11.3 Å². The van der Waals surface area contributed by atoms with Crippen LogP contribution in [0.1, 0.15) is 46.2 Å². The summed E-state index contributed by atoms with van der Waals surface area (Å²) in [4.78, 5) is 21.4. The fourth-order valence-corrected chi connectivity index (χ4v) is 3.79. The van der Waals surface area contributed by atoms with Crippen molar-refractivity contribution in [2.75, 3.05) is 13.2 Å². The molecule has 4 aromatic rings. The average molecular weight is 431 g/mol. The quantitative estimate of drug-likeness (QED) is 0.497. The zero-order valence-corrected chi connectivity index (χ0v) is 17.3. The number of imidazole rings is 1. The standard InChI is InChI=1S/C22H21N7O3/c30-22(24-8-16-7-19-20(9-23-16)32-6-5-31-19)18-13-29(27-26-18)12-17-11-28-10-15(14-1-2-14)3-4-21(28)25-17/h3-4,7,9-11,13-14H,1-2,5-6,8,12H2,(H,24,30). The molecule has 5 heterocycles. The molecule has 0 aromatic carbocycles. The molecule has 0 radical (unpaired) electrons. The highest BCUT2D eigenvalue weighted by molar-refractivity contribution is 5.91. The third-order valence-electron chi connectivity index (χ3n) is 5.58. The van der Waals surface area contributed by atoms with Crippen molar-refractivity contribution in [3.63, 3.8) is 0 Å². The Morgan fingerprint density at radius 2 is 1.97 bits per heavy atom. The lowest BCUT2D eigenvalue weighted by atomic mass is 10.2. The number of hydrogen-bond acceptors (Lipinski definition) is 7. The molecule has 1 aliphatic heterocycles. The summed E-state index contributed by atoms with van der Waals surface area (Å²) < 4.78 is 14.7. The number of fused-ring (bicyclic) bond motifs is 2. The summed E-state index contributed by atoms with van der Waals surface area (Å²) in [7, 11) is 0. The van der Waals surface area contributed by atoms with Crippen molar-refractivity contribution in [2.24, 2.45) is 0 Å². The van der Waals surface area contributed by atoms with E-state index in [1.165, 1.54) is 18.4 Å². The van der Waals surface area contributed by atoms with Gasteiger partial charge in [0.05, 0.1) is 36.9 Å². The summed E-state index contributed by atoms with van der Waals surface area (Å²) in [6.45, 7) is 1.69. The van der Waals surface area contributed by atoms with Gasteiger partial charge in [-0.3, -0.25) is 9.78 Å². The molecule has 0 unspecified atom stereocenters. The van der Waals surface area contributed by atoms with Gasteiger partial charge in [0.1, 0.15) is 18.9 Å². The Bertz CT molecular complexity index is 1310. The number of rotatable bonds is 6. The number of carbonyl (C=O) groups is 1. The fourth-order valence-electron chi connectivity index (χ4n) is 3.79. The predicted octanol–water partition coefficient (Wildman–Crippen LogP) is 1.95. The second-order valence-electron chi connectivity index (χ2n) is 8.04. The molecule has 1 fully saturated rings. The zero-order chi connectivity index (χ0) is 21.5. The van der Waals surface area contributed by atoms with Crippen LogP contribution in [-0.4, -0.2) is 48.5 Å². The molecule has 1 saturated carbocycles. The first-order chi connectivity index (χ1) is 15.7. The minimum Gasteiger partial charge on any atom is -0.486 e. The Balaban J connectivity index is 1.10. The van der Waals surface area contributed by atoms with Gasteiger partial charge in [0.15, 0.2) is 17.2 Å². The number of pyridine rings is 2. The van der Waals surface area contributed by atoms with E-state index < -0.39 is 0 Å². The van der Waals surface area contributed by atoms with E-state index in [1.54, 1.807) is 23.1 Å². The van der Waals surface area contributed by atoms with Gasteiger partial charge in [0, 0.05) is 18.5 Å². The van der Waals surface area contributed by atoms with Gasteiger partial charge in [0.25, 0.3) is 5.91 Å². The molecule has 4 aromatic heterocycles. The SMILES string of the molecule is O=C(NCc1cc2c(cn1)OCCO2)c1cn(Cc2cn3cc(C4CC4)ccc3n2)nn1. The molecule has 1 N–H and O–H groups in total. The van der Waals surface area contributed by atoms with Crippen molar-refractivity contribution in [3.05, 3.63) is 65.6 Å². The molecule has 32 heavy (non-hydrogen) atoms. The number of amides is 1. The summed E-state index contributed by atoms with van der Waals surface area (Å²) in [5.74, 6) is 1.62. The van der Waals surface area contributed by atoms with Crippen LogP contribution in [0.4, 0.5) is 0 Å². The van der Waals surface area contributed by atoms with Crippen LogP contribution in [0.5, 0.6) is 11.5 Å². The van der Waals surface area contributed by atoms with Crippen LogP contribution in [0.2, 0.25) is 0 Å². The third kappa shape index (κ3) is 3.75. The monoisotopic (exact) mass is 431 g/mol. The molecule has 162 valence electrons. The summed E-state index contributed by atoms with van der Waals surface area (Å²) in [5.41, 5.74) is 4.02. The lowest BCUT2D eigenvalue weighted by Crippen LogP contribution is -2.24. The van der Waals surface area contributed by atoms with Crippen molar-refractivity contribution in [1.82, 2.24) is 34.7 Å².